The molecule has 3 rings (SSSR count). The number of nitrogens with zero attached hydrogens (tertiary/aromatic N) is 3. The molecule has 1 aromatic carbocycles. The van der Waals surface area contributed by atoms with Crippen molar-refractivity contribution in [1.82, 2.24) is 9.97 Å². The molecule has 1 N–H and O–H groups in total. The quantitative estimate of drug-likeness (QED) is 0.458. The molecule has 33 heavy (non-hydrogen) atoms. The van der Waals surface area contributed by atoms with Gasteiger partial charge in [-0.25, -0.2) is 9.97 Å². The van der Waals surface area contributed by atoms with Crippen molar-refractivity contribution in [2.24, 2.45) is 5.92 Å². The summed E-state index contributed by atoms with van der Waals surface area (Å²) in [5.41, 5.74) is 3.51. The summed E-state index contributed by atoms with van der Waals surface area (Å²) in [7, 11) is 0. The molecule has 2 heterocycles. The van der Waals surface area contributed by atoms with E-state index >= 15 is 0 Å². The highest BCUT2D eigenvalue weighted by Crippen LogP contribution is 2.34. The predicted octanol–water partition coefficient (Wildman–Crippen LogP) is 6.39. The Hall–Kier alpha value is -2.37. The molecule has 2 aromatic rings. The number of carbonyl (C=O) groups is 1. The predicted molar refractivity (Wildman–Crippen MR) is 136 cm³/mol. The van der Waals surface area contributed by atoms with Crippen molar-refractivity contribution in [2.75, 3.05) is 18.0 Å². The molecule has 7 heteroatoms. The molecule has 0 amide bonds. The molecule has 176 valence electrons. The first-order valence-electron chi connectivity index (χ1n) is 11.3. The minimum Gasteiger partial charge on any atom is -0.481 e. The van der Waals surface area contributed by atoms with Crippen molar-refractivity contribution >= 4 is 35.1 Å². The molecule has 0 spiro atoms. The molecule has 0 radical (unpaired) electrons. The molecular formula is C26H31Cl2N3O2. The molecule has 0 unspecified atom stereocenters. The van der Waals surface area contributed by atoms with Crippen LogP contribution in [0.25, 0.3) is 0 Å². The lowest BCUT2D eigenvalue weighted by molar-refractivity contribution is -0.142. The number of aromatic nitrogens is 2. The highest BCUT2D eigenvalue weighted by molar-refractivity contribution is 6.42. The lowest BCUT2D eigenvalue weighted by Gasteiger charge is -2.32. The maximum atomic E-state index is 11.4. The number of carboxylic acids is 1. The Kier molecular flexibility index (Phi) is 8.19. The van der Waals surface area contributed by atoms with Gasteiger partial charge in [-0.2, -0.15) is 0 Å². The zero-order valence-corrected chi connectivity index (χ0v) is 21.1. The van der Waals surface area contributed by atoms with E-state index in [0.29, 0.717) is 48.3 Å². The summed E-state index contributed by atoms with van der Waals surface area (Å²) in [5, 5.41) is 10.4. The van der Waals surface area contributed by atoms with Gasteiger partial charge in [0.15, 0.2) is 0 Å². The Morgan fingerprint density at radius 1 is 1.15 bits per heavy atom. The SMILES string of the molecule is CC=CC(C)(C=CC)c1nc(N2CCC(C(=O)O)CC2)nc(C)c1Cc1ccc(Cl)c(Cl)c1. The van der Waals surface area contributed by atoms with Gasteiger partial charge in [0.2, 0.25) is 5.95 Å². The summed E-state index contributed by atoms with van der Waals surface area (Å²) >= 11 is 12.4. The van der Waals surface area contributed by atoms with Crippen LogP contribution in [0.2, 0.25) is 10.0 Å². The van der Waals surface area contributed by atoms with Gasteiger partial charge in [0.1, 0.15) is 0 Å². The number of halogens is 2. The summed E-state index contributed by atoms with van der Waals surface area (Å²) in [4.78, 5) is 23.4. The summed E-state index contributed by atoms with van der Waals surface area (Å²) in [5.74, 6) is -0.366. The smallest absolute Gasteiger partial charge is 0.306 e. The van der Waals surface area contributed by atoms with E-state index in [0.717, 1.165) is 22.5 Å². The van der Waals surface area contributed by atoms with Crippen LogP contribution in [0.4, 0.5) is 5.95 Å². The number of aryl methyl sites for hydroxylation is 1. The molecule has 0 atom stereocenters. The topological polar surface area (TPSA) is 66.3 Å². The van der Waals surface area contributed by atoms with Crippen molar-refractivity contribution in [2.45, 2.75) is 52.4 Å². The molecule has 1 aromatic heterocycles. The van der Waals surface area contributed by atoms with Crippen LogP contribution >= 0.6 is 23.2 Å². The fraction of sp³-hybridized carbons (Fsp3) is 0.423. The Morgan fingerprint density at radius 3 is 2.33 bits per heavy atom. The Morgan fingerprint density at radius 2 is 1.79 bits per heavy atom. The fourth-order valence-corrected chi connectivity index (χ4v) is 4.79. The van der Waals surface area contributed by atoms with Gasteiger partial charge in [-0.3, -0.25) is 4.79 Å². The second kappa shape index (κ2) is 10.7. The van der Waals surface area contributed by atoms with E-state index in [9.17, 15) is 9.90 Å². The van der Waals surface area contributed by atoms with Crippen LogP contribution in [-0.2, 0) is 16.6 Å². The fourth-order valence-electron chi connectivity index (χ4n) is 4.47. The molecule has 0 saturated carbocycles. The lowest BCUT2D eigenvalue weighted by Crippen LogP contribution is -2.38. The van der Waals surface area contributed by atoms with E-state index in [1.54, 1.807) is 0 Å². The third kappa shape index (κ3) is 5.77. The minimum atomic E-state index is -0.724. The highest BCUT2D eigenvalue weighted by atomic mass is 35.5. The molecule has 1 fully saturated rings. The molecule has 0 aliphatic carbocycles. The van der Waals surface area contributed by atoms with Crippen molar-refractivity contribution in [3.63, 3.8) is 0 Å². The minimum absolute atomic E-state index is 0.299. The molecule has 1 saturated heterocycles. The Bertz CT molecular complexity index is 1060. The van der Waals surface area contributed by atoms with Gasteiger partial charge in [0.25, 0.3) is 0 Å². The number of benzene rings is 1. The van der Waals surface area contributed by atoms with Crippen molar-refractivity contribution < 1.29 is 9.90 Å². The van der Waals surface area contributed by atoms with Crippen LogP contribution < -0.4 is 4.90 Å². The van der Waals surface area contributed by atoms with E-state index in [2.05, 4.69) is 24.0 Å². The molecule has 0 bridgehead atoms. The summed E-state index contributed by atoms with van der Waals surface area (Å²) < 4.78 is 0. The number of aliphatic carboxylic acids is 1. The first-order valence-corrected chi connectivity index (χ1v) is 12.0. The van der Waals surface area contributed by atoms with Gasteiger partial charge in [-0.15, -0.1) is 0 Å². The second-order valence-electron chi connectivity index (χ2n) is 8.74. The number of hydrogen-bond donors (Lipinski definition) is 1. The average Bonchev–Trinajstić information content (AvgIpc) is 2.77. The first kappa shape index (κ1) is 25.3. The lowest BCUT2D eigenvalue weighted by atomic mass is 9.81. The number of piperidine rings is 1. The van der Waals surface area contributed by atoms with E-state index in [4.69, 9.17) is 33.2 Å². The Labute approximate surface area is 206 Å². The highest BCUT2D eigenvalue weighted by Gasteiger charge is 2.30. The number of carboxylic acid groups (broad SMARTS) is 1. The van der Waals surface area contributed by atoms with Gasteiger partial charge < -0.3 is 10.0 Å². The maximum absolute atomic E-state index is 11.4. The van der Waals surface area contributed by atoms with Gasteiger partial charge in [0.05, 0.1) is 21.7 Å². The average molecular weight is 488 g/mol. The zero-order valence-electron chi connectivity index (χ0n) is 19.6. The van der Waals surface area contributed by atoms with E-state index in [1.807, 2.05) is 51.1 Å². The number of allylic oxidation sites excluding steroid dienone is 4. The van der Waals surface area contributed by atoms with Crippen molar-refractivity contribution in [1.29, 1.82) is 0 Å². The van der Waals surface area contributed by atoms with Crippen molar-refractivity contribution in [3.8, 4) is 0 Å². The van der Waals surface area contributed by atoms with Crippen LogP contribution in [0.3, 0.4) is 0 Å². The van der Waals surface area contributed by atoms with Gasteiger partial charge in [-0.05, 0) is 58.2 Å². The third-order valence-electron chi connectivity index (χ3n) is 6.23. The van der Waals surface area contributed by atoms with Gasteiger partial charge >= 0.3 is 5.97 Å². The maximum Gasteiger partial charge on any atom is 0.306 e. The van der Waals surface area contributed by atoms with E-state index < -0.39 is 11.4 Å². The number of hydrogen-bond acceptors (Lipinski definition) is 4. The van der Waals surface area contributed by atoms with Crippen molar-refractivity contribution in [3.05, 3.63) is 75.1 Å². The largest absolute Gasteiger partial charge is 0.481 e. The summed E-state index contributed by atoms with van der Waals surface area (Å²) in [6.07, 6.45) is 10.2. The third-order valence-corrected chi connectivity index (χ3v) is 6.97. The normalized spacial score (nSPS) is 17.1. The monoisotopic (exact) mass is 487 g/mol. The summed E-state index contributed by atoms with van der Waals surface area (Å²) in [6, 6.07) is 5.68. The van der Waals surface area contributed by atoms with Gasteiger partial charge in [0, 0.05) is 36.2 Å². The van der Waals surface area contributed by atoms with E-state index in [1.165, 1.54) is 0 Å². The van der Waals surface area contributed by atoms with Gasteiger partial charge in [-0.1, -0.05) is 53.6 Å². The second-order valence-corrected chi connectivity index (χ2v) is 9.56. The molecule has 5 nitrogen and oxygen atoms in total. The molecule has 1 aliphatic heterocycles. The van der Waals surface area contributed by atoms with Crippen LogP contribution in [0.15, 0.2) is 42.5 Å². The van der Waals surface area contributed by atoms with E-state index in [-0.39, 0.29) is 5.92 Å². The van der Waals surface area contributed by atoms with Crippen LogP contribution in [0.5, 0.6) is 0 Å². The Balaban J connectivity index is 2.08. The van der Waals surface area contributed by atoms with Crippen LogP contribution in [0, 0.1) is 12.8 Å². The number of anilines is 1. The summed E-state index contributed by atoms with van der Waals surface area (Å²) in [6.45, 7) is 9.43. The number of rotatable bonds is 7. The molecular weight excluding hydrogens is 457 g/mol. The first-order chi connectivity index (χ1) is 15.7. The zero-order chi connectivity index (χ0) is 24.2. The van der Waals surface area contributed by atoms with Crippen LogP contribution in [0.1, 0.15) is 56.1 Å². The van der Waals surface area contributed by atoms with Crippen LogP contribution in [-0.4, -0.2) is 34.1 Å². The molecule has 1 aliphatic rings. The standard InChI is InChI=1S/C26H31Cl2N3O2/c1-5-11-26(4,12-6-2)23-20(15-18-7-8-21(27)22(28)16-18)17(3)29-25(30-23)31-13-9-19(10-14-31)24(32)33/h5-8,11-12,16,19H,9-10,13-15H2,1-4H3,(H,32,33).